The van der Waals surface area contributed by atoms with Crippen molar-refractivity contribution in [3.8, 4) is 23.0 Å². The van der Waals surface area contributed by atoms with Gasteiger partial charge in [0.1, 0.15) is 11.4 Å². The van der Waals surface area contributed by atoms with Gasteiger partial charge in [0.05, 0.1) is 44.1 Å². The number of hydrogen-bond acceptors (Lipinski definition) is 7. The lowest BCUT2D eigenvalue weighted by molar-refractivity contribution is 0.145. The molecule has 0 bridgehead atoms. The SMILES string of the molecule is COc1ncc(-n2nc(-c3cn(CC4CCN(C)CC4)nn3)c3c2CCOCC3)cc1F. The van der Waals surface area contributed by atoms with E-state index in [0.717, 1.165) is 48.7 Å². The number of pyridine rings is 1. The van der Waals surface area contributed by atoms with Crippen LogP contribution in [0.2, 0.25) is 0 Å². The van der Waals surface area contributed by atoms with Gasteiger partial charge in [0.25, 0.3) is 0 Å². The van der Waals surface area contributed by atoms with Crippen LogP contribution >= 0.6 is 0 Å². The van der Waals surface area contributed by atoms with E-state index in [1.165, 1.54) is 26.0 Å². The summed E-state index contributed by atoms with van der Waals surface area (Å²) in [6, 6.07) is 1.39. The molecule has 3 aromatic rings. The monoisotopic (exact) mass is 441 g/mol. The highest BCUT2D eigenvalue weighted by atomic mass is 19.1. The molecule has 1 fully saturated rings. The lowest BCUT2D eigenvalue weighted by Crippen LogP contribution is -2.32. The molecule has 32 heavy (non-hydrogen) atoms. The standard InChI is InChI=1S/C22H28FN7O2/c1-28-7-3-15(4-8-28)13-29-14-19(25-27-29)21-17-5-9-32-10-6-20(17)30(26-21)16-11-18(23)22(31-2)24-12-16/h11-12,14-15H,3-10,13H2,1-2H3. The second kappa shape index (κ2) is 8.95. The van der Waals surface area contributed by atoms with Crippen molar-refractivity contribution in [2.45, 2.75) is 32.2 Å². The normalized spacial score (nSPS) is 17.8. The molecule has 0 atom stereocenters. The fourth-order valence-electron chi connectivity index (χ4n) is 4.56. The van der Waals surface area contributed by atoms with Crippen LogP contribution in [0.25, 0.3) is 17.1 Å². The van der Waals surface area contributed by atoms with Gasteiger partial charge in [-0.2, -0.15) is 5.10 Å². The Morgan fingerprint density at radius 1 is 1.22 bits per heavy atom. The lowest BCUT2D eigenvalue weighted by Gasteiger charge is -2.28. The van der Waals surface area contributed by atoms with E-state index in [9.17, 15) is 4.39 Å². The highest BCUT2D eigenvalue weighted by Gasteiger charge is 2.25. The first-order valence-electron chi connectivity index (χ1n) is 11.1. The van der Waals surface area contributed by atoms with Crippen LogP contribution in [0.4, 0.5) is 4.39 Å². The van der Waals surface area contributed by atoms with Crippen LogP contribution in [0.15, 0.2) is 18.5 Å². The van der Waals surface area contributed by atoms with Crippen molar-refractivity contribution in [3.05, 3.63) is 35.5 Å². The first-order valence-corrected chi connectivity index (χ1v) is 11.1. The van der Waals surface area contributed by atoms with Gasteiger partial charge in [-0.15, -0.1) is 5.10 Å². The summed E-state index contributed by atoms with van der Waals surface area (Å²) in [6.45, 7) is 4.31. The number of rotatable bonds is 5. The van der Waals surface area contributed by atoms with Crippen LogP contribution < -0.4 is 4.74 Å². The van der Waals surface area contributed by atoms with Gasteiger partial charge in [0.2, 0.25) is 5.88 Å². The number of hydrogen-bond donors (Lipinski definition) is 0. The summed E-state index contributed by atoms with van der Waals surface area (Å²) in [7, 11) is 3.56. The van der Waals surface area contributed by atoms with Crippen molar-refractivity contribution < 1.29 is 13.9 Å². The zero-order chi connectivity index (χ0) is 22.1. The Kier molecular flexibility index (Phi) is 5.88. The maximum Gasteiger partial charge on any atom is 0.250 e. The van der Waals surface area contributed by atoms with Crippen molar-refractivity contribution in [2.24, 2.45) is 5.92 Å². The average molecular weight is 442 g/mol. The van der Waals surface area contributed by atoms with Crippen LogP contribution in [0, 0.1) is 11.7 Å². The van der Waals surface area contributed by atoms with E-state index >= 15 is 0 Å². The molecule has 1 saturated heterocycles. The third-order valence-electron chi connectivity index (χ3n) is 6.37. The Labute approximate surface area is 186 Å². The predicted molar refractivity (Wildman–Crippen MR) is 115 cm³/mol. The highest BCUT2D eigenvalue weighted by Crippen LogP contribution is 2.30. The van der Waals surface area contributed by atoms with Gasteiger partial charge in [-0.1, -0.05) is 5.21 Å². The molecule has 3 aromatic heterocycles. The van der Waals surface area contributed by atoms with Crippen LogP contribution in [-0.2, 0) is 24.1 Å². The van der Waals surface area contributed by atoms with Crippen molar-refractivity contribution >= 4 is 0 Å². The third kappa shape index (κ3) is 4.12. The van der Waals surface area contributed by atoms with Gasteiger partial charge in [-0.3, -0.25) is 4.68 Å². The molecule has 0 spiro atoms. The van der Waals surface area contributed by atoms with E-state index in [4.69, 9.17) is 14.6 Å². The highest BCUT2D eigenvalue weighted by molar-refractivity contribution is 5.60. The Balaban J connectivity index is 1.47. The largest absolute Gasteiger partial charge is 0.479 e. The van der Waals surface area contributed by atoms with Crippen molar-refractivity contribution in [1.29, 1.82) is 0 Å². The molecule has 0 N–H and O–H groups in total. The van der Waals surface area contributed by atoms with E-state index in [2.05, 4.69) is 27.2 Å². The van der Waals surface area contributed by atoms with Gasteiger partial charge in [0, 0.05) is 24.6 Å². The van der Waals surface area contributed by atoms with Gasteiger partial charge in [-0.05, 0) is 45.3 Å². The van der Waals surface area contributed by atoms with E-state index in [1.54, 1.807) is 10.9 Å². The topological polar surface area (TPSA) is 83.1 Å². The number of piperidine rings is 1. The summed E-state index contributed by atoms with van der Waals surface area (Å²) in [5.74, 6) is 0.0503. The third-order valence-corrected chi connectivity index (χ3v) is 6.37. The Hall–Kier alpha value is -2.85. The summed E-state index contributed by atoms with van der Waals surface area (Å²) in [4.78, 5) is 6.44. The van der Waals surface area contributed by atoms with Crippen LogP contribution in [0.5, 0.6) is 5.88 Å². The van der Waals surface area contributed by atoms with E-state index in [0.29, 0.717) is 31.2 Å². The molecule has 5 heterocycles. The molecule has 0 unspecified atom stereocenters. The number of aromatic nitrogens is 6. The number of likely N-dealkylation sites (tertiary alicyclic amines) is 1. The summed E-state index contributed by atoms with van der Waals surface area (Å²) in [5.41, 5.74) is 4.12. The molecule has 9 nitrogen and oxygen atoms in total. The molecule has 2 aliphatic rings. The zero-order valence-electron chi connectivity index (χ0n) is 18.5. The van der Waals surface area contributed by atoms with E-state index in [-0.39, 0.29) is 5.88 Å². The smallest absolute Gasteiger partial charge is 0.250 e. The molecular weight excluding hydrogens is 413 g/mol. The molecule has 2 aliphatic heterocycles. The average Bonchev–Trinajstić information content (AvgIpc) is 3.32. The van der Waals surface area contributed by atoms with E-state index in [1.807, 2.05) is 10.9 Å². The number of methoxy groups -OCH3 is 1. The maximum atomic E-state index is 14.3. The van der Waals surface area contributed by atoms with Crippen molar-refractivity contribution in [3.63, 3.8) is 0 Å². The number of fused-ring (bicyclic) bond motifs is 1. The molecular formula is C22H28FN7O2. The molecule has 170 valence electrons. The molecule has 0 saturated carbocycles. The maximum absolute atomic E-state index is 14.3. The van der Waals surface area contributed by atoms with E-state index < -0.39 is 5.82 Å². The lowest BCUT2D eigenvalue weighted by atomic mass is 9.97. The summed E-state index contributed by atoms with van der Waals surface area (Å²) in [6.07, 6.45) is 7.29. The first-order chi connectivity index (χ1) is 15.6. The quantitative estimate of drug-likeness (QED) is 0.600. The Bertz CT molecular complexity index is 1090. The summed E-state index contributed by atoms with van der Waals surface area (Å²) >= 11 is 0. The Morgan fingerprint density at radius 2 is 2.03 bits per heavy atom. The van der Waals surface area contributed by atoms with Crippen molar-refractivity contribution in [2.75, 3.05) is 40.5 Å². The number of nitrogens with zero attached hydrogens (tertiary/aromatic N) is 7. The minimum absolute atomic E-state index is 0.0348. The van der Waals surface area contributed by atoms with Gasteiger partial charge < -0.3 is 14.4 Å². The second-order valence-electron chi connectivity index (χ2n) is 8.56. The fourth-order valence-corrected chi connectivity index (χ4v) is 4.56. The zero-order valence-corrected chi connectivity index (χ0v) is 18.5. The molecule has 0 radical (unpaired) electrons. The van der Waals surface area contributed by atoms with Crippen LogP contribution in [-0.4, -0.2) is 75.1 Å². The number of ether oxygens (including phenoxy) is 2. The van der Waals surface area contributed by atoms with Gasteiger partial charge in [-0.25, -0.2) is 14.1 Å². The first kappa shape index (κ1) is 21.0. The fraction of sp³-hybridized carbons (Fsp3) is 0.545. The molecule has 0 amide bonds. The van der Waals surface area contributed by atoms with Crippen LogP contribution in [0.3, 0.4) is 0 Å². The molecule has 0 aliphatic carbocycles. The van der Waals surface area contributed by atoms with Crippen molar-refractivity contribution in [1.82, 2.24) is 34.7 Å². The molecule has 10 heteroatoms. The minimum atomic E-state index is -0.523. The Morgan fingerprint density at radius 3 is 2.81 bits per heavy atom. The molecule has 5 rings (SSSR count). The summed E-state index contributed by atoms with van der Waals surface area (Å²) in [5, 5.41) is 13.6. The van der Waals surface area contributed by atoms with Crippen LogP contribution in [0.1, 0.15) is 24.1 Å². The summed E-state index contributed by atoms with van der Waals surface area (Å²) < 4.78 is 28.7. The predicted octanol–water partition coefficient (Wildman–Crippen LogP) is 2.13. The second-order valence-corrected chi connectivity index (χ2v) is 8.56. The van der Waals surface area contributed by atoms with Gasteiger partial charge in [0.15, 0.2) is 5.82 Å². The minimum Gasteiger partial charge on any atom is -0.479 e. The molecule has 0 aromatic carbocycles. The number of halogens is 1. The van der Waals surface area contributed by atoms with Gasteiger partial charge >= 0.3 is 0 Å².